The van der Waals surface area contributed by atoms with Crippen LogP contribution in [0.4, 0.5) is 0 Å². The molecule has 0 radical (unpaired) electrons. The molecule has 4 heteroatoms. The number of ether oxygens (including phenoxy) is 2. The van der Waals surface area contributed by atoms with Gasteiger partial charge in [0.15, 0.2) is 11.5 Å². The minimum atomic E-state index is -0.501. The van der Waals surface area contributed by atoms with E-state index < -0.39 is 11.9 Å². The zero-order valence-electron chi connectivity index (χ0n) is 15.8. The number of carbonyl (C=O) groups is 2. The van der Waals surface area contributed by atoms with Crippen molar-refractivity contribution in [2.75, 3.05) is 0 Å². The van der Waals surface area contributed by atoms with E-state index in [1.165, 1.54) is 0 Å². The molecule has 0 saturated carbocycles. The molecule has 3 aromatic carbocycles. The third kappa shape index (κ3) is 5.07. The zero-order valence-corrected chi connectivity index (χ0v) is 15.8. The number of hydrogen-bond donors (Lipinski definition) is 0. The normalized spacial score (nSPS) is 10.3. The topological polar surface area (TPSA) is 52.6 Å². The maximum atomic E-state index is 12.5. The second-order valence-corrected chi connectivity index (χ2v) is 6.40. The minimum Gasteiger partial charge on any atom is -0.419 e. The fourth-order valence-corrected chi connectivity index (χ4v) is 2.72. The van der Waals surface area contributed by atoms with E-state index in [-0.39, 0.29) is 11.5 Å². The summed E-state index contributed by atoms with van der Waals surface area (Å²) < 4.78 is 11.1. The number of esters is 2. The molecular weight excluding hydrogens is 352 g/mol. The monoisotopic (exact) mass is 374 g/mol. The third-order valence-electron chi connectivity index (χ3n) is 4.25. The fraction of sp³-hybridized carbons (Fsp3) is 0.167. The predicted molar refractivity (Wildman–Crippen MR) is 108 cm³/mol. The molecule has 0 aliphatic carbocycles. The van der Waals surface area contributed by atoms with Gasteiger partial charge in [0.1, 0.15) is 0 Å². The van der Waals surface area contributed by atoms with Crippen LogP contribution in [0, 0.1) is 0 Å². The largest absolute Gasteiger partial charge is 0.419 e. The van der Waals surface area contributed by atoms with Crippen LogP contribution in [0.1, 0.15) is 46.0 Å². The molecule has 0 fully saturated rings. The Morgan fingerprint density at radius 2 is 1.25 bits per heavy atom. The average Bonchev–Trinajstić information content (AvgIpc) is 2.75. The molecule has 0 heterocycles. The van der Waals surface area contributed by atoms with Crippen molar-refractivity contribution in [1.82, 2.24) is 0 Å². The van der Waals surface area contributed by atoms with Gasteiger partial charge in [0, 0.05) is 0 Å². The molecule has 0 aliphatic heterocycles. The molecule has 3 aromatic rings. The van der Waals surface area contributed by atoms with Crippen molar-refractivity contribution in [3.8, 4) is 11.5 Å². The lowest BCUT2D eigenvalue weighted by atomic mass is 10.1. The van der Waals surface area contributed by atoms with Crippen LogP contribution in [-0.2, 0) is 6.42 Å². The quantitative estimate of drug-likeness (QED) is 0.407. The lowest BCUT2D eigenvalue weighted by molar-refractivity contribution is 0.0682. The number of hydrogen-bond acceptors (Lipinski definition) is 4. The summed E-state index contributed by atoms with van der Waals surface area (Å²) in [6.07, 6.45) is 2.94. The fourth-order valence-electron chi connectivity index (χ4n) is 2.72. The molecule has 0 N–H and O–H groups in total. The summed E-state index contributed by atoms with van der Waals surface area (Å²) in [5, 5.41) is 0. The van der Waals surface area contributed by atoms with Crippen molar-refractivity contribution in [1.29, 1.82) is 0 Å². The maximum absolute atomic E-state index is 12.5. The van der Waals surface area contributed by atoms with E-state index in [1.807, 2.05) is 18.2 Å². The molecule has 3 rings (SSSR count). The summed E-state index contributed by atoms with van der Waals surface area (Å²) in [5.74, 6) is -0.533. The highest BCUT2D eigenvalue weighted by molar-refractivity contribution is 5.93. The Labute approximate surface area is 164 Å². The molecule has 0 aliphatic rings. The highest BCUT2D eigenvalue weighted by atomic mass is 16.6. The number of benzene rings is 3. The maximum Gasteiger partial charge on any atom is 0.343 e. The Hall–Kier alpha value is -3.40. The number of aryl methyl sites for hydroxylation is 1. The first-order chi connectivity index (χ1) is 13.7. The van der Waals surface area contributed by atoms with Gasteiger partial charge in [-0.3, -0.25) is 0 Å². The van der Waals surface area contributed by atoms with Crippen molar-refractivity contribution in [2.45, 2.75) is 26.2 Å². The van der Waals surface area contributed by atoms with Crippen LogP contribution < -0.4 is 9.47 Å². The van der Waals surface area contributed by atoms with E-state index in [0.717, 1.165) is 24.8 Å². The Morgan fingerprint density at radius 1 is 0.714 bits per heavy atom. The SMILES string of the molecule is CCCCc1ccc(OC(=O)c2ccccc2)c(OC(=O)c2ccccc2)c1. The van der Waals surface area contributed by atoms with Crippen molar-refractivity contribution >= 4 is 11.9 Å². The molecule has 0 saturated heterocycles. The van der Waals surface area contributed by atoms with Gasteiger partial charge in [-0.15, -0.1) is 0 Å². The molecule has 142 valence electrons. The first-order valence-electron chi connectivity index (χ1n) is 9.34. The average molecular weight is 374 g/mol. The summed E-state index contributed by atoms with van der Waals surface area (Å²) in [6, 6.07) is 22.8. The van der Waals surface area contributed by atoms with Gasteiger partial charge in [-0.25, -0.2) is 9.59 Å². The summed E-state index contributed by atoms with van der Waals surface area (Å²) >= 11 is 0. The Kier molecular flexibility index (Phi) is 6.58. The van der Waals surface area contributed by atoms with Crippen LogP contribution in [0.2, 0.25) is 0 Å². The molecule has 28 heavy (non-hydrogen) atoms. The number of rotatable bonds is 7. The van der Waals surface area contributed by atoms with Gasteiger partial charge in [0.05, 0.1) is 11.1 Å². The van der Waals surface area contributed by atoms with E-state index in [2.05, 4.69) is 6.92 Å². The lowest BCUT2D eigenvalue weighted by Crippen LogP contribution is -2.12. The second kappa shape index (κ2) is 9.51. The van der Waals surface area contributed by atoms with Crippen molar-refractivity contribution in [3.63, 3.8) is 0 Å². The van der Waals surface area contributed by atoms with Crippen LogP contribution in [0.15, 0.2) is 78.9 Å². The van der Waals surface area contributed by atoms with Crippen LogP contribution in [0.3, 0.4) is 0 Å². The summed E-state index contributed by atoms with van der Waals surface area (Å²) in [4.78, 5) is 24.9. The Bertz CT molecular complexity index is 933. The van der Waals surface area contributed by atoms with Gasteiger partial charge in [0.25, 0.3) is 0 Å². The van der Waals surface area contributed by atoms with Gasteiger partial charge in [0.2, 0.25) is 0 Å². The molecule has 0 unspecified atom stereocenters. The smallest absolute Gasteiger partial charge is 0.343 e. The molecule has 0 bridgehead atoms. The van der Waals surface area contributed by atoms with Gasteiger partial charge in [-0.2, -0.15) is 0 Å². The van der Waals surface area contributed by atoms with E-state index in [1.54, 1.807) is 60.7 Å². The first-order valence-corrected chi connectivity index (χ1v) is 9.34. The van der Waals surface area contributed by atoms with Crippen LogP contribution >= 0.6 is 0 Å². The molecule has 0 atom stereocenters. The standard InChI is InChI=1S/C24H22O4/c1-2-3-10-18-15-16-21(27-23(25)19-11-6-4-7-12-19)22(17-18)28-24(26)20-13-8-5-9-14-20/h4-9,11-17H,2-3,10H2,1H3. The van der Waals surface area contributed by atoms with Gasteiger partial charge in [-0.05, 0) is 54.8 Å². The minimum absolute atomic E-state index is 0.221. The van der Waals surface area contributed by atoms with Crippen LogP contribution in [0.25, 0.3) is 0 Å². The zero-order chi connectivity index (χ0) is 19.8. The van der Waals surface area contributed by atoms with Crippen molar-refractivity contribution in [2.24, 2.45) is 0 Å². The molecule has 0 aromatic heterocycles. The summed E-state index contributed by atoms with van der Waals surface area (Å²) in [6.45, 7) is 2.12. The number of unbranched alkanes of at least 4 members (excludes halogenated alkanes) is 1. The van der Waals surface area contributed by atoms with Crippen molar-refractivity contribution < 1.29 is 19.1 Å². The van der Waals surface area contributed by atoms with Gasteiger partial charge in [-0.1, -0.05) is 55.8 Å². The Balaban J connectivity index is 1.85. The van der Waals surface area contributed by atoms with E-state index in [0.29, 0.717) is 11.1 Å². The molecule has 0 spiro atoms. The number of carbonyl (C=O) groups excluding carboxylic acids is 2. The summed E-state index contributed by atoms with van der Waals surface area (Å²) in [7, 11) is 0. The summed E-state index contributed by atoms with van der Waals surface area (Å²) in [5.41, 5.74) is 1.89. The van der Waals surface area contributed by atoms with Crippen LogP contribution in [0.5, 0.6) is 11.5 Å². The third-order valence-corrected chi connectivity index (χ3v) is 4.25. The van der Waals surface area contributed by atoms with Crippen molar-refractivity contribution in [3.05, 3.63) is 95.6 Å². The molecule has 4 nitrogen and oxygen atoms in total. The highest BCUT2D eigenvalue weighted by Crippen LogP contribution is 2.30. The first kappa shape index (κ1) is 19.4. The van der Waals surface area contributed by atoms with Gasteiger partial charge >= 0.3 is 11.9 Å². The van der Waals surface area contributed by atoms with Gasteiger partial charge < -0.3 is 9.47 Å². The van der Waals surface area contributed by atoms with Crippen LogP contribution in [-0.4, -0.2) is 11.9 Å². The second-order valence-electron chi connectivity index (χ2n) is 6.40. The van der Waals surface area contributed by atoms with E-state index >= 15 is 0 Å². The molecule has 0 amide bonds. The Morgan fingerprint density at radius 3 is 1.79 bits per heavy atom. The molecular formula is C24H22O4. The lowest BCUT2D eigenvalue weighted by Gasteiger charge is -2.12. The van der Waals surface area contributed by atoms with E-state index in [9.17, 15) is 9.59 Å². The predicted octanol–water partition coefficient (Wildman–Crippen LogP) is 5.47. The highest BCUT2D eigenvalue weighted by Gasteiger charge is 2.17. The van der Waals surface area contributed by atoms with E-state index in [4.69, 9.17) is 9.47 Å².